The highest BCUT2D eigenvalue weighted by molar-refractivity contribution is 5.74. The average molecular weight is 1110 g/mol. The number of carbonyl (C=O) groups is 4. The topological polar surface area (TPSA) is 175 Å². The fourth-order valence-electron chi connectivity index (χ4n) is 8.84. The van der Waals surface area contributed by atoms with E-state index in [4.69, 9.17) is 23.7 Å². The molecule has 0 saturated carbocycles. The second-order valence-electron chi connectivity index (χ2n) is 20.9. The van der Waals surface area contributed by atoms with Crippen LogP contribution in [0.2, 0.25) is 0 Å². The molecule has 0 bridgehead atoms. The number of ether oxygens (including phenoxy) is 5. The van der Waals surface area contributed by atoms with Gasteiger partial charge in [-0.25, -0.2) is 4.79 Å². The Morgan fingerprint density at radius 3 is 1.27 bits per heavy atom. The van der Waals surface area contributed by atoms with Crippen molar-refractivity contribution in [3.05, 3.63) is 97.2 Å². The van der Waals surface area contributed by atoms with E-state index in [-0.39, 0.29) is 25.9 Å². The molecule has 1 rings (SSSR count). The summed E-state index contributed by atoms with van der Waals surface area (Å²) in [7, 11) is 0. The van der Waals surface area contributed by atoms with E-state index >= 15 is 0 Å². The summed E-state index contributed by atoms with van der Waals surface area (Å²) in [5.74, 6) is -3.17. The number of unbranched alkanes of at least 4 members (excludes halogenated alkanes) is 22. The molecule has 1 aliphatic heterocycles. The number of aliphatic hydroxyl groups excluding tert-OH is 2. The third-order valence-electron chi connectivity index (χ3n) is 13.6. The number of carbonyl (C=O) groups excluding carboxylic acids is 3. The molecule has 0 radical (unpaired) electrons. The van der Waals surface area contributed by atoms with Gasteiger partial charge in [-0.15, -0.1) is 0 Å². The number of rotatable bonds is 52. The first-order valence-corrected chi connectivity index (χ1v) is 31.2. The van der Waals surface area contributed by atoms with E-state index in [0.717, 1.165) is 167 Å². The van der Waals surface area contributed by atoms with Gasteiger partial charge in [0, 0.05) is 19.3 Å². The normalized spacial score (nSPS) is 18.5. The number of aliphatic hydroxyl groups is 2. The van der Waals surface area contributed by atoms with Crippen molar-refractivity contribution in [2.45, 2.75) is 289 Å². The Morgan fingerprint density at radius 2 is 0.823 bits per heavy atom. The van der Waals surface area contributed by atoms with E-state index in [1.165, 1.54) is 25.7 Å². The molecule has 1 saturated heterocycles. The number of aliphatic carboxylic acids is 1. The van der Waals surface area contributed by atoms with Gasteiger partial charge in [0.1, 0.15) is 18.8 Å². The summed E-state index contributed by atoms with van der Waals surface area (Å²) in [5.41, 5.74) is 0. The lowest BCUT2D eigenvalue weighted by Crippen LogP contribution is -2.61. The van der Waals surface area contributed by atoms with E-state index in [0.29, 0.717) is 19.3 Å². The molecule has 0 spiro atoms. The minimum absolute atomic E-state index is 0.0423. The largest absolute Gasteiger partial charge is 0.479 e. The van der Waals surface area contributed by atoms with Crippen molar-refractivity contribution in [2.24, 2.45) is 0 Å². The highest BCUT2D eigenvalue weighted by Gasteiger charge is 2.50. The van der Waals surface area contributed by atoms with Crippen LogP contribution in [0.25, 0.3) is 0 Å². The SMILES string of the molecule is CC/C=C\C/C=C\C/C=C\CCCCCCCCCC(=O)OC1C(OCC(COC(=O)CCCCCCCC/C=C\C/C=C\C/C=C\CCCCC)OC(=O)CCCCCCC/C=C\C/C=C\CCC)OC(C(=O)O)C(O)C1O. The molecule has 450 valence electrons. The first kappa shape index (κ1) is 72.7. The molecule has 1 aliphatic rings. The van der Waals surface area contributed by atoms with Crippen LogP contribution in [0.3, 0.4) is 0 Å². The summed E-state index contributed by atoms with van der Waals surface area (Å²) in [5, 5.41) is 31.5. The number of carboxylic acid groups (broad SMARTS) is 1. The van der Waals surface area contributed by atoms with E-state index in [2.05, 4.69) is 118 Å². The van der Waals surface area contributed by atoms with Gasteiger partial charge < -0.3 is 39.0 Å². The Bertz CT molecular complexity index is 1740. The smallest absolute Gasteiger partial charge is 0.335 e. The van der Waals surface area contributed by atoms with Crippen molar-refractivity contribution in [1.82, 2.24) is 0 Å². The monoisotopic (exact) mass is 1110 g/mol. The fraction of sp³-hybridized carbons (Fsp3) is 0.701. The highest BCUT2D eigenvalue weighted by Crippen LogP contribution is 2.26. The van der Waals surface area contributed by atoms with E-state index in [9.17, 15) is 34.5 Å². The Hall–Kier alpha value is -4.36. The number of esters is 3. The molecule has 12 heteroatoms. The van der Waals surface area contributed by atoms with Crippen LogP contribution < -0.4 is 0 Å². The molecule has 3 N–H and O–H groups in total. The molecular formula is C67H110O12. The molecule has 0 aromatic carbocycles. The van der Waals surface area contributed by atoms with Crippen LogP contribution in [0, 0.1) is 0 Å². The summed E-state index contributed by atoms with van der Waals surface area (Å²) in [4.78, 5) is 51.2. The van der Waals surface area contributed by atoms with E-state index in [1.807, 2.05) is 0 Å². The standard InChI is InChI=1S/C67H110O12/c1-4-7-10-13-16-19-22-25-27-29-30-32-33-36-38-41-44-47-50-53-59(68)75-56-58(77-60(69)54-51-48-45-42-39-35-24-21-18-15-12-9-6-3)57-76-67-65(63(72)62(71)64(79-67)66(73)74)78-61(70)55-52-49-46-43-40-37-34-31-28-26-23-20-17-14-11-8-5-2/h8,11-12,15-17,19-21,24-28,30,32,58,62-65,67,71-72H,4-7,9-10,13-14,18,22-23,29,31,33-57H2,1-3H3,(H,73,74)/b11-8-,15-12-,19-16-,20-17-,24-21-,27-25-,28-26-,32-30-. The summed E-state index contributed by atoms with van der Waals surface area (Å²) in [6.07, 6.45) is 59.3. The number of hydrogen-bond acceptors (Lipinski definition) is 11. The summed E-state index contributed by atoms with van der Waals surface area (Å²) in [6, 6.07) is 0. The van der Waals surface area contributed by atoms with Gasteiger partial charge in [0.15, 0.2) is 24.6 Å². The lowest BCUT2D eigenvalue weighted by molar-refractivity contribution is -0.301. The third-order valence-corrected chi connectivity index (χ3v) is 13.6. The number of allylic oxidation sites excluding steroid dienone is 16. The van der Waals surface area contributed by atoms with Crippen molar-refractivity contribution in [1.29, 1.82) is 0 Å². The van der Waals surface area contributed by atoms with Gasteiger partial charge in [0.25, 0.3) is 0 Å². The van der Waals surface area contributed by atoms with Crippen LogP contribution in [0.5, 0.6) is 0 Å². The van der Waals surface area contributed by atoms with Crippen LogP contribution in [-0.2, 0) is 42.9 Å². The van der Waals surface area contributed by atoms with Crippen LogP contribution in [0.15, 0.2) is 97.2 Å². The predicted molar refractivity (Wildman–Crippen MR) is 321 cm³/mol. The summed E-state index contributed by atoms with van der Waals surface area (Å²) in [6.45, 7) is 5.77. The predicted octanol–water partition coefficient (Wildman–Crippen LogP) is 16.5. The molecule has 0 amide bonds. The second kappa shape index (κ2) is 54.2. The Balaban J connectivity index is 2.68. The summed E-state index contributed by atoms with van der Waals surface area (Å²) < 4.78 is 28.5. The molecular weight excluding hydrogens is 997 g/mol. The van der Waals surface area contributed by atoms with Crippen LogP contribution >= 0.6 is 0 Å². The first-order valence-electron chi connectivity index (χ1n) is 31.2. The number of carboxylic acids is 1. The maximum Gasteiger partial charge on any atom is 0.335 e. The lowest BCUT2D eigenvalue weighted by Gasteiger charge is -2.40. The van der Waals surface area contributed by atoms with Gasteiger partial charge in [-0.05, 0) is 116 Å². The van der Waals surface area contributed by atoms with Crippen LogP contribution in [0.4, 0.5) is 0 Å². The van der Waals surface area contributed by atoms with Crippen LogP contribution in [-0.4, -0.2) is 89.2 Å². The summed E-state index contributed by atoms with van der Waals surface area (Å²) >= 11 is 0. The van der Waals surface area contributed by atoms with Crippen molar-refractivity contribution >= 4 is 23.9 Å². The van der Waals surface area contributed by atoms with Gasteiger partial charge in [-0.3, -0.25) is 14.4 Å². The Labute approximate surface area is 479 Å². The van der Waals surface area contributed by atoms with Crippen LogP contribution in [0.1, 0.15) is 252 Å². The zero-order chi connectivity index (χ0) is 57.5. The minimum Gasteiger partial charge on any atom is -0.479 e. The van der Waals surface area contributed by atoms with Crippen molar-refractivity contribution < 1.29 is 58.2 Å². The molecule has 0 aromatic rings. The lowest BCUT2D eigenvalue weighted by atomic mass is 9.98. The minimum atomic E-state index is -1.92. The van der Waals surface area contributed by atoms with Crippen molar-refractivity contribution in [2.75, 3.05) is 13.2 Å². The third kappa shape index (κ3) is 44.0. The molecule has 6 unspecified atom stereocenters. The van der Waals surface area contributed by atoms with E-state index < -0.39 is 67.3 Å². The quantitative estimate of drug-likeness (QED) is 0.0228. The molecule has 12 nitrogen and oxygen atoms in total. The highest BCUT2D eigenvalue weighted by atomic mass is 16.7. The molecule has 0 aliphatic carbocycles. The maximum atomic E-state index is 13.2. The van der Waals surface area contributed by atoms with Gasteiger partial charge in [0.05, 0.1) is 6.61 Å². The first-order chi connectivity index (χ1) is 38.6. The van der Waals surface area contributed by atoms with Crippen molar-refractivity contribution in [3.8, 4) is 0 Å². The zero-order valence-corrected chi connectivity index (χ0v) is 49.6. The molecule has 0 aromatic heterocycles. The van der Waals surface area contributed by atoms with Gasteiger partial charge in [-0.2, -0.15) is 0 Å². The van der Waals surface area contributed by atoms with E-state index in [1.54, 1.807) is 0 Å². The maximum absolute atomic E-state index is 13.2. The number of hydrogen-bond donors (Lipinski definition) is 3. The van der Waals surface area contributed by atoms with Gasteiger partial charge in [-0.1, -0.05) is 214 Å². The molecule has 1 heterocycles. The molecule has 79 heavy (non-hydrogen) atoms. The second-order valence-corrected chi connectivity index (χ2v) is 20.9. The zero-order valence-electron chi connectivity index (χ0n) is 49.6. The Morgan fingerprint density at radius 1 is 0.430 bits per heavy atom. The van der Waals surface area contributed by atoms with Gasteiger partial charge in [0.2, 0.25) is 0 Å². The average Bonchev–Trinajstić information content (AvgIpc) is 3.46. The molecule has 6 atom stereocenters. The van der Waals surface area contributed by atoms with Crippen molar-refractivity contribution in [3.63, 3.8) is 0 Å². The molecule has 1 fully saturated rings. The van der Waals surface area contributed by atoms with Gasteiger partial charge >= 0.3 is 23.9 Å². The fourth-order valence-corrected chi connectivity index (χ4v) is 8.84. The Kier molecular flexibility index (Phi) is 49.9.